The lowest BCUT2D eigenvalue weighted by Gasteiger charge is -2.22. The van der Waals surface area contributed by atoms with Crippen molar-refractivity contribution in [1.82, 2.24) is 16.0 Å². The van der Waals surface area contributed by atoms with Gasteiger partial charge in [-0.3, -0.25) is 30.3 Å². The molecule has 0 heterocycles. The molecule has 6 N–H and O–H groups in total. The highest BCUT2D eigenvalue weighted by atomic mass is 16.5. The third-order valence-corrected chi connectivity index (χ3v) is 8.02. The average molecular weight is 737 g/mol. The molecule has 0 spiro atoms. The van der Waals surface area contributed by atoms with Crippen molar-refractivity contribution in [1.29, 1.82) is 0 Å². The Kier molecular flexibility index (Phi) is 13.5. The van der Waals surface area contributed by atoms with E-state index in [4.69, 9.17) is 14.2 Å². The summed E-state index contributed by atoms with van der Waals surface area (Å²) < 4.78 is 17.7. The van der Waals surface area contributed by atoms with Gasteiger partial charge in [0.25, 0.3) is 17.7 Å². The Labute approximate surface area is 318 Å². The monoisotopic (exact) mass is 736 g/mol. The Morgan fingerprint density at radius 3 is 0.873 bits per heavy atom. The predicted molar refractivity (Wildman–Crippen MR) is 212 cm³/mol. The molecule has 0 bridgehead atoms. The van der Waals surface area contributed by atoms with Crippen LogP contribution in [0.2, 0.25) is 0 Å². The fourth-order valence-electron chi connectivity index (χ4n) is 5.12. The van der Waals surface area contributed by atoms with Crippen LogP contribution >= 0.6 is 0 Å². The molecule has 6 rings (SSSR count). The topological polar surface area (TPSA) is 151 Å². The molecular formula is C43H40N6O6. The standard InChI is InChI=1S/C43H40N6O6/c50-40(47-34-10-4-1-5-11-34)31-16-22-37(23-17-31)53-28-44-43(45-29-54-38-24-18-32(19-25-38)41(51)48-35-12-6-2-7-13-35)46-30-55-39-26-20-33(21-27-39)42(52)49-36-14-8-3-9-15-36/h1-27,43-46H,28-30H2,(H,47,50)(H,48,51)(H,49,52). The summed E-state index contributed by atoms with van der Waals surface area (Å²) in [6, 6.07) is 48.2. The maximum absolute atomic E-state index is 12.6. The Bertz CT molecular complexity index is 1860. The van der Waals surface area contributed by atoms with Crippen LogP contribution in [0.25, 0.3) is 0 Å². The Balaban J connectivity index is 0.998. The van der Waals surface area contributed by atoms with Crippen molar-refractivity contribution in [3.8, 4) is 17.2 Å². The molecule has 0 atom stereocenters. The lowest BCUT2D eigenvalue weighted by molar-refractivity contribution is 0.101. The normalized spacial score (nSPS) is 10.6. The molecule has 0 aromatic heterocycles. The van der Waals surface area contributed by atoms with Crippen LogP contribution in [0, 0.1) is 0 Å². The van der Waals surface area contributed by atoms with Gasteiger partial charge < -0.3 is 30.2 Å². The van der Waals surface area contributed by atoms with Crippen molar-refractivity contribution in [2.45, 2.75) is 6.29 Å². The van der Waals surface area contributed by atoms with E-state index in [0.29, 0.717) is 51.0 Å². The molecule has 0 saturated carbocycles. The summed E-state index contributed by atoms with van der Waals surface area (Å²) in [5, 5.41) is 18.2. The Morgan fingerprint density at radius 1 is 0.364 bits per heavy atom. The molecule has 12 heteroatoms. The van der Waals surface area contributed by atoms with E-state index in [9.17, 15) is 14.4 Å². The van der Waals surface area contributed by atoms with Crippen molar-refractivity contribution >= 4 is 34.8 Å². The van der Waals surface area contributed by atoms with Gasteiger partial charge in [0.1, 0.15) is 43.7 Å². The minimum atomic E-state index is -0.539. The van der Waals surface area contributed by atoms with E-state index < -0.39 is 6.29 Å². The number of carbonyl (C=O) groups excluding carboxylic acids is 3. The van der Waals surface area contributed by atoms with Crippen molar-refractivity contribution in [3.05, 3.63) is 180 Å². The zero-order chi connectivity index (χ0) is 38.1. The molecular weight excluding hydrogens is 697 g/mol. The highest BCUT2D eigenvalue weighted by Gasteiger charge is 2.11. The maximum atomic E-state index is 12.6. The lowest BCUT2D eigenvalue weighted by Crippen LogP contribution is -2.55. The van der Waals surface area contributed by atoms with Crippen LogP contribution in [-0.2, 0) is 0 Å². The van der Waals surface area contributed by atoms with Crippen molar-refractivity contribution in [3.63, 3.8) is 0 Å². The van der Waals surface area contributed by atoms with Crippen LogP contribution in [0.3, 0.4) is 0 Å². The van der Waals surface area contributed by atoms with Crippen LogP contribution in [0.1, 0.15) is 31.1 Å². The fourth-order valence-corrected chi connectivity index (χ4v) is 5.12. The van der Waals surface area contributed by atoms with Gasteiger partial charge in [-0.1, -0.05) is 54.6 Å². The summed E-state index contributed by atoms with van der Waals surface area (Å²) in [7, 11) is 0. The summed E-state index contributed by atoms with van der Waals surface area (Å²) in [6.07, 6.45) is -0.539. The highest BCUT2D eigenvalue weighted by Crippen LogP contribution is 2.17. The SMILES string of the molecule is O=C(Nc1ccccc1)c1ccc(OCNC(NCOc2ccc(C(=O)Nc3ccccc3)cc2)NCOc2ccc(C(=O)Nc3ccccc3)cc2)cc1. The van der Waals surface area contributed by atoms with Gasteiger partial charge in [-0.25, -0.2) is 0 Å². The lowest BCUT2D eigenvalue weighted by atomic mass is 10.2. The van der Waals surface area contributed by atoms with E-state index in [1.807, 2.05) is 91.0 Å². The number of benzene rings is 6. The van der Waals surface area contributed by atoms with E-state index in [1.165, 1.54) is 0 Å². The number of para-hydroxylation sites is 3. The van der Waals surface area contributed by atoms with E-state index in [0.717, 1.165) is 0 Å². The summed E-state index contributed by atoms with van der Waals surface area (Å²) in [5.41, 5.74) is 3.62. The summed E-state index contributed by atoms with van der Waals surface area (Å²) >= 11 is 0. The number of hydrogen-bond acceptors (Lipinski definition) is 9. The quantitative estimate of drug-likeness (QED) is 0.0518. The van der Waals surface area contributed by atoms with Gasteiger partial charge in [0, 0.05) is 33.8 Å². The molecule has 3 amide bonds. The number of hydrogen-bond donors (Lipinski definition) is 6. The van der Waals surface area contributed by atoms with Crippen molar-refractivity contribution in [2.75, 3.05) is 36.1 Å². The average Bonchev–Trinajstić information content (AvgIpc) is 3.22. The van der Waals surface area contributed by atoms with Crippen molar-refractivity contribution < 1.29 is 28.6 Å². The Hall–Kier alpha value is -6.99. The van der Waals surface area contributed by atoms with E-state index >= 15 is 0 Å². The van der Waals surface area contributed by atoms with Crippen LogP contribution in [-0.4, -0.2) is 44.2 Å². The smallest absolute Gasteiger partial charge is 0.255 e. The second-order valence-electron chi connectivity index (χ2n) is 11.9. The number of nitrogens with one attached hydrogen (secondary N) is 6. The van der Waals surface area contributed by atoms with Crippen LogP contribution in [0.15, 0.2) is 164 Å². The first-order valence-corrected chi connectivity index (χ1v) is 17.5. The van der Waals surface area contributed by atoms with Crippen LogP contribution in [0.5, 0.6) is 17.2 Å². The molecule has 0 aliphatic rings. The van der Waals surface area contributed by atoms with E-state index in [2.05, 4.69) is 31.9 Å². The van der Waals surface area contributed by atoms with Gasteiger partial charge >= 0.3 is 0 Å². The zero-order valence-electron chi connectivity index (χ0n) is 29.7. The molecule has 0 fully saturated rings. The highest BCUT2D eigenvalue weighted by molar-refractivity contribution is 6.05. The molecule has 0 saturated heterocycles. The molecule has 278 valence electrons. The molecule has 0 aliphatic heterocycles. The third-order valence-electron chi connectivity index (χ3n) is 8.02. The predicted octanol–water partition coefficient (Wildman–Crippen LogP) is 6.91. The number of rotatable bonds is 18. The molecule has 12 nitrogen and oxygen atoms in total. The third kappa shape index (κ3) is 12.0. The van der Waals surface area contributed by atoms with Crippen LogP contribution in [0.4, 0.5) is 17.1 Å². The largest absolute Gasteiger partial charge is 0.478 e. The fraction of sp³-hybridized carbons (Fsp3) is 0.0930. The number of carbonyl (C=O) groups is 3. The first kappa shape index (κ1) is 37.8. The first-order valence-electron chi connectivity index (χ1n) is 17.5. The van der Waals surface area contributed by atoms with Gasteiger partial charge in [-0.2, -0.15) is 0 Å². The Morgan fingerprint density at radius 2 is 0.618 bits per heavy atom. The number of anilines is 3. The zero-order valence-corrected chi connectivity index (χ0v) is 29.7. The summed E-state index contributed by atoms with van der Waals surface area (Å²) in [5.74, 6) is 1.01. The number of amides is 3. The van der Waals surface area contributed by atoms with Gasteiger partial charge in [0.05, 0.1) is 0 Å². The van der Waals surface area contributed by atoms with E-state index in [-0.39, 0.29) is 37.9 Å². The summed E-state index contributed by atoms with van der Waals surface area (Å²) in [4.78, 5) is 37.9. The minimum Gasteiger partial charge on any atom is -0.478 e. The maximum Gasteiger partial charge on any atom is 0.255 e. The molecule has 6 aromatic rings. The molecule has 0 aliphatic carbocycles. The molecule has 0 radical (unpaired) electrons. The van der Waals surface area contributed by atoms with Gasteiger partial charge in [-0.05, 0) is 109 Å². The molecule has 6 aromatic carbocycles. The van der Waals surface area contributed by atoms with Crippen LogP contribution < -0.4 is 46.1 Å². The first-order chi connectivity index (χ1) is 27.0. The summed E-state index contributed by atoms with van der Waals surface area (Å²) in [6.45, 7) is 0.282. The van der Waals surface area contributed by atoms with Gasteiger partial charge in [-0.15, -0.1) is 0 Å². The van der Waals surface area contributed by atoms with Crippen molar-refractivity contribution in [2.24, 2.45) is 0 Å². The van der Waals surface area contributed by atoms with E-state index in [1.54, 1.807) is 72.8 Å². The minimum absolute atomic E-state index is 0.0939. The second-order valence-corrected chi connectivity index (χ2v) is 11.9. The van der Waals surface area contributed by atoms with Gasteiger partial charge in [0.15, 0.2) is 0 Å². The van der Waals surface area contributed by atoms with Gasteiger partial charge in [0.2, 0.25) is 0 Å². The molecule has 55 heavy (non-hydrogen) atoms. The molecule has 0 unspecified atom stereocenters. The number of ether oxygens (including phenoxy) is 3. The second kappa shape index (κ2) is 19.7.